The van der Waals surface area contributed by atoms with E-state index in [2.05, 4.69) is 22.2 Å². The molecule has 1 amide bonds. The quantitative estimate of drug-likeness (QED) is 0.922. The summed E-state index contributed by atoms with van der Waals surface area (Å²) in [5.74, 6) is 0.840. The molecule has 0 aromatic carbocycles. The third-order valence-electron chi connectivity index (χ3n) is 4.76. The van der Waals surface area contributed by atoms with Gasteiger partial charge in [0, 0.05) is 31.7 Å². The first-order valence-corrected chi connectivity index (χ1v) is 7.91. The van der Waals surface area contributed by atoms with E-state index in [-0.39, 0.29) is 5.91 Å². The highest BCUT2D eigenvalue weighted by molar-refractivity contribution is 5.92. The first-order chi connectivity index (χ1) is 10.2. The zero-order valence-corrected chi connectivity index (χ0v) is 12.9. The van der Waals surface area contributed by atoms with E-state index in [1.165, 1.54) is 12.8 Å². The Balaban J connectivity index is 1.74. The number of likely N-dealkylation sites (tertiary alicyclic amines) is 1. The molecular formula is C16H24N4O. The van der Waals surface area contributed by atoms with Gasteiger partial charge in [-0.05, 0) is 45.4 Å². The van der Waals surface area contributed by atoms with E-state index in [1.807, 2.05) is 30.0 Å². The number of aromatic nitrogens is 1. The maximum atomic E-state index is 12.7. The summed E-state index contributed by atoms with van der Waals surface area (Å²) in [7, 11) is 2.19. The first kappa shape index (κ1) is 14.3. The lowest BCUT2D eigenvalue weighted by atomic mass is 10.1. The number of carbonyl (C=O) groups is 1. The van der Waals surface area contributed by atoms with Gasteiger partial charge < -0.3 is 10.2 Å². The van der Waals surface area contributed by atoms with Crippen molar-refractivity contribution in [1.82, 2.24) is 14.8 Å². The molecule has 3 heterocycles. The number of amides is 1. The van der Waals surface area contributed by atoms with Crippen molar-refractivity contribution in [3.05, 3.63) is 23.9 Å². The largest absolute Gasteiger partial charge is 0.370 e. The van der Waals surface area contributed by atoms with Crippen LogP contribution in [-0.4, -0.2) is 59.5 Å². The number of hydrogen-bond acceptors (Lipinski definition) is 4. The monoisotopic (exact) mass is 288 g/mol. The maximum Gasteiger partial charge on any atom is 0.272 e. The number of fused-ring (bicyclic) bond motifs is 2. The van der Waals surface area contributed by atoms with Crippen LogP contribution in [0.4, 0.5) is 5.82 Å². The van der Waals surface area contributed by atoms with E-state index in [4.69, 9.17) is 0 Å². The minimum Gasteiger partial charge on any atom is -0.370 e. The van der Waals surface area contributed by atoms with Crippen LogP contribution >= 0.6 is 0 Å². The van der Waals surface area contributed by atoms with Crippen molar-refractivity contribution in [3.8, 4) is 0 Å². The zero-order valence-electron chi connectivity index (χ0n) is 12.9. The van der Waals surface area contributed by atoms with Crippen molar-refractivity contribution in [2.45, 2.75) is 38.3 Å². The summed E-state index contributed by atoms with van der Waals surface area (Å²) in [4.78, 5) is 21.6. The summed E-state index contributed by atoms with van der Waals surface area (Å²) < 4.78 is 0. The van der Waals surface area contributed by atoms with Crippen molar-refractivity contribution in [1.29, 1.82) is 0 Å². The lowest BCUT2D eigenvalue weighted by Crippen LogP contribution is -2.40. The van der Waals surface area contributed by atoms with Crippen molar-refractivity contribution >= 4 is 11.7 Å². The Labute approximate surface area is 126 Å². The van der Waals surface area contributed by atoms with Crippen molar-refractivity contribution in [3.63, 3.8) is 0 Å². The fourth-order valence-corrected chi connectivity index (χ4v) is 3.49. The van der Waals surface area contributed by atoms with Gasteiger partial charge in [-0.2, -0.15) is 0 Å². The molecule has 21 heavy (non-hydrogen) atoms. The normalized spacial score (nSPS) is 25.7. The second kappa shape index (κ2) is 6.02. The van der Waals surface area contributed by atoms with E-state index in [1.54, 1.807) is 0 Å². The predicted molar refractivity (Wildman–Crippen MR) is 83.5 cm³/mol. The van der Waals surface area contributed by atoms with Gasteiger partial charge in [0.2, 0.25) is 0 Å². The molecule has 2 bridgehead atoms. The van der Waals surface area contributed by atoms with Crippen LogP contribution in [0.1, 0.15) is 36.7 Å². The van der Waals surface area contributed by atoms with Gasteiger partial charge in [0.05, 0.1) is 0 Å². The van der Waals surface area contributed by atoms with Gasteiger partial charge in [0.1, 0.15) is 11.5 Å². The second-order valence-corrected chi connectivity index (χ2v) is 6.03. The van der Waals surface area contributed by atoms with Crippen LogP contribution in [-0.2, 0) is 0 Å². The molecule has 2 unspecified atom stereocenters. The highest BCUT2D eigenvalue weighted by Gasteiger charge is 2.36. The number of rotatable bonds is 3. The summed E-state index contributed by atoms with van der Waals surface area (Å²) in [6, 6.07) is 6.77. The maximum absolute atomic E-state index is 12.7. The van der Waals surface area contributed by atoms with Crippen LogP contribution in [0, 0.1) is 0 Å². The highest BCUT2D eigenvalue weighted by atomic mass is 16.2. The van der Waals surface area contributed by atoms with E-state index in [0.29, 0.717) is 17.8 Å². The Morgan fingerprint density at radius 1 is 1.33 bits per heavy atom. The van der Waals surface area contributed by atoms with Crippen LogP contribution < -0.4 is 5.32 Å². The third-order valence-corrected chi connectivity index (χ3v) is 4.76. The number of likely N-dealkylation sites (N-methyl/N-ethyl adjacent to an activating group) is 1. The SMILES string of the molecule is CCNc1cccc(C(=O)N2CCC3CCC(C2)N3C)n1. The highest BCUT2D eigenvalue weighted by Crippen LogP contribution is 2.28. The number of carbonyl (C=O) groups excluding carboxylic acids is 1. The van der Waals surface area contributed by atoms with Crippen molar-refractivity contribution < 1.29 is 4.79 Å². The Morgan fingerprint density at radius 2 is 2.14 bits per heavy atom. The third kappa shape index (κ3) is 2.88. The lowest BCUT2D eigenvalue weighted by molar-refractivity contribution is 0.0734. The number of nitrogens with zero attached hydrogens (tertiary/aromatic N) is 3. The molecule has 2 saturated heterocycles. The van der Waals surface area contributed by atoms with Crippen molar-refractivity contribution in [2.75, 3.05) is 32.0 Å². The van der Waals surface area contributed by atoms with E-state index in [0.717, 1.165) is 31.9 Å². The van der Waals surface area contributed by atoms with Gasteiger partial charge in [-0.15, -0.1) is 0 Å². The average molecular weight is 288 g/mol. The minimum absolute atomic E-state index is 0.0655. The fourth-order valence-electron chi connectivity index (χ4n) is 3.49. The smallest absolute Gasteiger partial charge is 0.272 e. The molecule has 2 aliphatic heterocycles. The summed E-state index contributed by atoms with van der Waals surface area (Å²) in [6.07, 6.45) is 3.55. The molecule has 0 radical (unpaired) electrons. The molecule has 0 saturated carbocycles. The van der Waals surface area contributed by atoms with Gasteiger partial charge in [0.15, 0.2) is 0 Å². The van der Waals surface area contributed by atoms with E-state index >= 15 is 0 Å². The van der Waals surface area contributed by atoms with Crippen LogP contribution in [0.3, 0.4) is 0 Å². The molecule has 2 atom stereocenters. The zero-order chi connectivity index (χ0) is 14.8. The molecule has 114 valence electrons. The van der Waals surface area contributed by atoms with Gasteiger partial charge in [0.25, 0.3) is 5.91 Å². The Bertz CT molecular complexity index is 519. The Morgan fingerprint density at radius 3 is 2.95 bits per heavy atom. The molecule has 1 aromatic heterocycles. The Kier molecular flexibility index (Phi) is 4.10. The molecule has 2 aliphatic rings. The summed E-state index contributed by atoms with van der Waals surface area (Å²) >= 11 is 0. The molecule has 5 nitrogen and oxygen atoms in total. The number of nitrogens with one attached hydrogen (secondary N) is 1. The minimum atomic E-state index is 0.0655. The van der Waals surface area contributed by atoms with Crippen LogP contribution in [0.25, 0.3) is 0 Å². The van der Waals surface area contributed by atoms with Crippen LogP contribution in [0.5, 0.6) is 0 Å². The first-order valence-electron chi connectivity index (χ1n) is 7.91. The molecule has 1 aromatic rings. The molecule has 0 aliphatic carbocycles. The summed E-state index contributed by atoms with van der Waals surface area (Å²) in [5, 5.41) is 3.16. The van der Waals surface area contributed by atoms with E-state index in [9.17, 15) is 4.79 Å². The second-order valence-electron chi connectivity index (χ2n) is 6.03. The molecule has 3 rings (SSSR count). The predicted octanol–water partition coefficient (Wildman–Crippen LogP) is 1.82. The average Bonchev–Trinajstić information content (AvgIpc) is 2.72. The van der Waals surface area contributed by atoms with Gasteiger partial charge >= 0.3 is 0 Å². The van der Waals surface area contributed by atoms with Crippen molar-refractivity contribution in [2.24, 2.45) is 0 Å². The molecule has 0 spiro atoms. The number of hydrogen-bond donors (Lipinski definition) is 1. The van der Waals surface area contributed by atoms with E-state index < -0.39 is 0 Å². The van der Waals surface area contributed by atoms with Gasteiger partial charge in [-0.25, -0.2) is 4.98 Å². The van der Waals surface area contributed by atoms with Gasteiger partial charge in [-0.1, -0.05) is 6.07 Å². The summed E-state index contributed by atoms with van der Waals surface area (Å²) in [5.41, 5.74) is 0.550. The van der Waals surface area contributed by atoms with Crippen LogP contribution in [0.15, 0.2) is 18.2 Å². The van der Waals surface area contributed by atoms with Crippen LogP contribution in [0.2, 0.25) is 0 Å². The molecule has 5 heteroatoms. The standard InChI is InChI=1S/C16H24N4O/c1-3-17-15-6-4-5-14(18-15)16(21)20-10-9-12-7-8-13(11-20)19(12)2/h4-6,12-13H,3,7-11H2,1-2H3,(H,17,18). The fraction of sp³-hybridized carbons (Fsp3) is 0.625. The summed E-state index contributed by atoms with van der Waals surface area (Å²) in [6.45, 7) is 4.51. The molecule has 2 fully saturated rings. The topological polar surface area (TPSA) is 48.5 Å². The molecule has 1 N–H and O–H groups in total. The molecular weight excluding hydrogens is 264 g/mol. The van der Waals surface area contributed by atoms with Gasteiger partial charge in [-0.3, -0.25) is 9.69 Å². The lowest BCUT2D eigenvalue weighted by Gasteiger charge is -2.25. The number of pyridine rings is 1. The Hall–Kier alpha value is -1.62. The number of anilines is 1.